The Morgan fingerprint density at radius 1 is 0.380 bits per heavy atom. The first kappa shape index (κ1) is 28.2. The van der Waals surface area contributed by atoms with Crippen molar-refractivity contribution in [2.24, 2.45) is 0 Å². The lowest BCUT2D eigenvalue weighted by Crippen LogP contribution is -2.03. The molecule has 0 aliphatic carbocycles. The molecule has 5 heteroatoms. The Balaban J connectivity index is 1.24. The highest BCUT2D eigenvalue weighted by Gasteiger charge is 2.21. The lowest BCUT2D eigenvalue weighted by atomic mass is 10.0. The lowest BCUT2D eigenvalue weighted by Gasteiger charge is -2.14. The molecule has 234 valence electrons. The maximum absolute atomic E-state index is 6.48. The minimum absolute atomic E-state index is 0.553. The molecule has 0 fully saturated rings. The second-order valence-electron chi connectivity index (χ2n) is 12.4. The fraction of sp³-hybridized carbons (Fsp3) is 0. The predicted octanol–water partition coefficient (Wildman–Crippen LogP) is 11.5. The molecule has 50 heavy (non-hydrogen) atoms. The fourth-order valence-electron chi connectivity index (χ4n) is 7.18. The summed E-state index contributed by atoms with van der Waals surface area (Å²) in [6.45, 7) is 0. The number of para-hydroxylation sites is 5. The third-order valence-electron chi connectivity index (χ3n) is 9.47. The molecule has 5 nitrogen and oxygen atoms in total. The van der Waals surface area contributed by atoms with Gasteiger partial charge in [0.15, 0.2) is 17.5 Å². The molecular weight excluding hydrogens is 613 g/mol. The highest BCUT2D eigenvalue weighted by Crippen LogP contribution is 2.38. The van der Waals surface area contributed by atoms with Crippen molar-refractivity contribution in [3.8, 4) is 51.0 Å². The van der Waals surface area contributed by atoms with Crippen molar-refractivity contribution in [2.75, 3.05) is 0 Å². The summed E-state index contributed by atoms with van der Waals surface area (Å²) in [4.78, 5) is 15.6. The van der Waals surface area contributed by atoms with Crippen LogP contribution in [0.1, 0.15) is 0 Å². The molecule has 3 aromatic heterocycles. The first-order valence-corrected chi connectivity index (χ1v) is 16.7. The second-order valence-corrected chi connectivity index (χ2v) is 12.4. The predicted molar refractivity (Wildman–Crippen MR) is 203 cm³/mol. The standard InChI is InChI=1S/C45H28N4O/c1-2-14-29(15-3-1)30-16-12-17-31(28-30)43-46-44(48-45(47-43)37-23-13-22-35-34-20-7-11-27-41(34)50-42(35)37)36-21-6-10-26-40(36)49-38-24-8-4-18-32(38)33-19-5-9-25-39(33)49/h1-28H. The van der Waals surface area contributed by atoms with Crippen LogP contribution < -0.4 is 0 Å². The third kappa shape index (κ3) is 4.52. The maximum Gasteiger partial charge on any atom is 0.167 e. The molecule has 7 aromatic carbocycles. The van der Waals surface area contributed by atoms with Crippen molar-refractivity contribution in [2.45, 2.75) is 0 Å². The number of rotatable bonds is 5. The quantitative estimate of drug-likeness (QED) is 0.188. The van der Waals surface area contributed by atoms with E-state index in [0.717, 1.165) is 66.5 Å². The Kier molecular flexibility index (Phi) is 6.42. The summed E-state index contributed by atoms with van der Waals surface area (Å²) >= 11 is 0. The molecule has 0 aliphatic rings. The Bertz CT molecular complexity index is 2830. The molecule has 3 heterocycles. The summed E-state index contributed by atoms with van der Waals surface area (Å²) in [5, 5.41) is 4.48. The van der Waals surface area contributed by atoms with Gasteiger partial charge in [-0.3, -0.25) is 0 Å². The van der Waals surface area contributed by atoms with Gasteiger partial charge in [-0.25, -0.2) is 15.0 Å². The molecule has 0 saturated heterocycles. The topological polar surface area (TPSA) is 56.7 Å². The van der Waals surface area contributed by atoms with Crippen LogP contribution in [0, 0.1) is 0 Å². The monoisotopic (exact) mass is 640 g/mol. The van der Waals surface area contributed by atoms with Crippen LogP contribution in [-0.2, 0) is 0 Å². The summed E-state index contributed by atoms with van der Waals surface area (Å²) in [5.74, 6) is 1.73. The zero-order valence-electron chi connectivity index (χ0n) is 26.9. The van der Waals surface area contributed by atoms with Gasteiger partial charge in [-0.1, -0.05) is 127 Å². The van der Waals surface area contributed by atoms with Crippen molar-refractivity contribution in [1.29, 1.82) is 0 Å². The highest BCUT2D eigenvalue weighted by atomic mass is 16.3. The van der Waals surface area contributed by atoms with Crippen molar-refractivity contribution in [1.82, 2.24) is 19.5 Å². The number of fused-ring (bicyclic) bond motifs is 6. The minimum atomic E-state index is 0.553. The summed E-state index contributed by atoms with van der Waals surface area (Å²) in [5.41, 5.74) is 9.68. The zero-order valence-corrected chi connectivity index (χ0v) is 26.9. The van der Waals surface area contributed by atoms with Gasteiger partial charge in [0.2, 0.25) is 0 Å². The Hall–Kier alpha value is -6.85. The molecule has 10 rings (SSSR count). The number of aromatic nitrogens is 4. The number of furan rings is 1. The van der Waals surface area contributed by atoms with E-state index in [1.54, 1.807) is 0 Å². The molecule has 0 unspecified atom stereocenters. The van der Waals surface area contributed by atoms with Gasteiger partial charge in [0.1, 0.15) is 11.2 Å². The SMILES string of the molecule is c1ccc(-c2cccc(-c3nc(-c4ccccc4-n4c5ccccc5c5ccccc54)nc(-c4cccc5c4oc4ccccc45)n3)c2)cc1. The lowest BCUT2D eigenvalue weighted by molar-refractivity contribution is 0.669. The minimum Gasteiger partial charge on any atom is -0.455 e. The summed E-state index contributed by atoms with van der Waals surface area (Å²) in [6.07, 6.45) is 0. The average molecular weight is 641 g/mol. The van der Waals surface area contributed by atoms with Crippen molar-refractivity contribution >= 4 is 43.7 Å². The average Bonchev–Trinajstić information content (AvgIpc) is 3.74. The molecule has 0 N–H and O–H groups in total. The van der Waals surface area contributed by atoms with Crippen LogP contribution in [0.15, 0.2) is 174 Å². The maximum atomic E-state index is 6.48. The molecule has 0 bridgehead atoms. The van der Waals surface area contributed by atoms with Gasteiger partial charge in [0, 0.05) is 32.7 Å². The number of benzene rings is 7. The van der Waals surface area contributed by atoms with Gasteiger partial charge in [-0.05, 0) is 53.6 Å². The normalized spacial score (nSPS) is 11.6. The van der Waals surface area contributed by atoms with E-state index < -0.39 is 0 Å². The third-order valence-corrected chi connectivity index (χ3v) is 9.47. The van der Waals surface area contributed by atoms with E-state index in [1.807, 2.05) is 42.5 Å². The van der Waals surface area contributed by atoms with Crippen LogP contribution in [0.2, 0.25) is 0 Å². The molecule has 0 radical (unpaired) electrons. The molecule has 10 aromatic rings. The van der Waals surface area contributed by atoms with Crippen LogP contribution >= 0.6 is 0 Å². The second kappa shape index (κ2) is 11.4. The smallest absolute Gasteiger partial charge is 0.167 e. The van der Waals surface area contributed by atoms with Crippen LogP contribution in [0.4, 0.5) is 0 Å². The number of nitrogens with zero attached hydrogens (tertiary/aromatic N) is 4. The van der Waals surface area contributed by atoms with Gasteiger partial charge in [-0.15, -0.1) is 0 Å². The van der Waals surface area contributed by atoms with Crippen molar-refractivity contribution in [3.05, 3.63) is 170 Å². The summed E-state index contributed by atoms with van der Waals surface area (Å²) in [7, 11) is 0. The van der Waals surface area contributed by atoms with E-state index in [0.29, 0.717) is 17.5 Å². The van der Waals surface area contributed by atoms with Gasteiger partial charge in [-0.2, -0.15) is 0 Å². The van der Waals surface area contributed by atoms with Crippen molar-refractivity contribution in [3.63, 3.8) is 0 Å². The largest absolute Gasteiger partial charge is 0.455 e. The van der Waals surface area contributed by atoms with Crippen LogP contribution in [0.3, 0.4) is 0 Å². The van der Waals surface area contributed by atoms with Gasteiger partial charge >= 0.3 is 0 Å². The van der Waals surface area contributed by atoms with Crippen molar-refractivity contribution < 1.29 is 4.42 Å². The van der Waals surface area contributed by atoms with E-state index in [1.165, 1.54) is 10.8 Å². The molecular formula is C45H28N4O. The summed E-state index contributed by atoms with van der Waals surface area (Å²) < 4.78 is 8.80. The number of hydrogen-bond donors (Lipinski definition) is 0. The van der Waals surface area contributed by atoms with Crippen LogP contribution in [-0.4, -0.2) is 19.5 Å². The molecule has 0 saturated carbocycles. The fourth-order valence-corrected chi connectivity index (χ4v) is 7.18. The Morgan fingerprint density at radius 2 is 0.920 bits per heavy atom. The van der Waals surface area contributed by atoms with Gasteiger partial charge in [0.25, 0.3) is 0 Å². The molecule has 0 amide bonds. The van der Waals surface area contributed by atoms with Crippen LogP contribution in [0.5, 0.6) is 0 Å². The molecule has 0 spiro atoms. The Morgan fingerprint density at radius 3 is 1.72 bits per heavy atom. The zero-order chi connectivity index (χ0) is 33.0. The first-order valence-electron chi connectivity index (χ1n) is 16.7. The molecule has 0 atom stereocenters. The summed E-state index contributed by atoms with van der Waals surface area (Å²) in [6, 6.07) is 58.5. The highest BCUT2D eigenvalue weighted by molar-refractivity contribution is 6.10. The first-order chi connectivity index (χ1) is 24.8. The van der Waals surface area contributed by atoms with E-state index in [4.69, 9.17) is 19.4 Å². The van der Waals surface area contributed by atoms with E-state index in [2.05, 4.69) is 132 Å². The van der Waals surface area contributed by atoms with E-state index in [-0.39, 0.29) is 0 Å². The van der Waals surface area contributed by atoms with Gasteiger partial charge in [0.05, 0.1) is 22.3 Å². The van der Waals surface area contributed by atoms with E-state index in [9.17, 15) is 0 Å². The van der Waals surface area contributed by atoms with E-state index >= 15 is 0 Å². The number of hydrogen-bond acceptors (Lipinski definition) is 4. The van der Waals surface area contributed by atoms with Crippen LogP contribution in [0.25, 0.3) is 94.7 Å². The van der Waals surface area contributed by atoms with Gasteiger partial charge < -0.3 is 8.98 Å². The Labute approximate surface area is 287 Å². The molecule has 0 aliphatic heterocycles.